The van der Waals surface area contributed by atoms with Crippen molar-refractivity contribution in [2.75, 3.05) is 26.2 Å². The fourth-order valence-electron chi connectivity index (χ4n) is 3.54. The van der Waals surface area contributed by atoms with Crippen LogP contribution in [0.25, 0.3) is 0 Å². The van der Waals surface area contributed by atoms with Crippen LogP contribution >= 0.6 is 0 Å². The summed E-state index contributed by atoms with van der Waals surface area (Å²) in [4.78, 5) is 2.58. The van der Waals surface area contributed by atoms with Crippen LogP contribution in [0.3, 0.4) is 0 Å². The van der Waals surface area contributed by atoms with E-state index in [4.69, 9.17) is 4.74 Å². The number of piperidine rings is 1. The van der Waals surface area contributed by atoms with Gasteiger partial charge in [0.25, 0.3) is 0 Å². The Labute approximate surface area is 139 Å². The molecule has 2 unspecified atom stereocenters. The van der Waals surface area contributed by atoms with Crippen molar-refractivity contribution in [1.82, 2.24) is 10.3 Å². The lowest BCUT2D eigenvalue weighted by Crippen LogP contribution is -2.42. The Morgan fingerprint density at radius 2 is 2.04 bits per heavy atom. The number of unbranched alkanes of at least 4 members (excludes halogenated alkanes) is 1. The maximum Gasteiger partial charge on any atom is 0.119 e. The molecule has 0 radical (unpaired) electrons. The van der Waals surface area contributed by atoms with Gasteiger partial charge in [0.2, 0.25) is 0 Å². The van der Waals surface area contributed by atoms with Crippen LogP contribution in [0.15, 0.2) is 29.4 Å². The predicted octanol–water partition coefficient (Wildman–Crippen LogP) is 3.60. The van der Waals surface area contributed by atoms with Crippen LogP contribution in [0.2, 0.25) is 0 Å². The fourth-order valence-corrected chi connectivity index (χ4v) is 3.54. The minimum atomic E-state index is 0.314. The number of ether oxygens (including phenoxy) is 1. The predicted molar refractivity (Wildman–Crippen MR) is 95.0 cm³/mol. The summed E-state index contributed by atoms with van der Waals surface area (Å²) in [6.45, 7) is 8.72. The number of nitrogens with one attached hydrogen (secondary N) is 1. The van der Waals surface area contributed by atoms with Crippen LogP contribution in [0.4, 0.5) is 0 Å². The summed E-state index contributed by atoms with van der Waals surface area (Å²) in [5, 5.41) is 4.60. The van der Waals surface area contributed by atoms with E-state index in [9.17, 15) is 0 Å². The molecule has 0 spiro atoms. The van der Waals surface area contributed by atoms with E-state index in [2.05, 4.69) is 53.5 Å². The van der Waals surface area contributed by atoms with Crippen molar-refractivity contribution in [2.24, 2.45) is 11.0 Å². The van der Waals surface area contributed by atoms with Crippen molar-refractivity contribution < 1.29 is 4.74 Å². The minimum absolute atomic E-state index is 0.314. The number of fused-ring (bicyclic) bond motifs is 1. The van der Waals surface area contributed by atoms with E-state index in [1.807, 2.05) is 0 Å². The van der Waals surface area contributed by atoms with Crippen molar-refractivity contribution in [2.45, 2.75) is 45.6 Å². The first-order valence-electron chi connectivity index (χ1n) is 9.09. The highest BCUT2D eigenvalue weighted by Crippen LogP contribution is 2.33. The van der Waals surface area contributed by atoms with E-state index in [0.717, 1.165) is 38.3 Å². The molecule has 3 rings (SSSR count). The first kappa shape index (κ1) is 16.3. The summed E-state index contributed by atoms with van der Waals surface area (Å²) < 4.78 is 5.76. The highest BCUT2D eigenvalue weighted by molar-refractivity contribution is 5.89. The number of likely N-dealkylation sites (tertiary alicyclic amines) is 1. The molecule has 1 aromatic rings. The zero-order valence-electron chi connectivity index (χ0n) is 14.4. The van der Waals surface area contributed by atoms with Gasteiger partial charge in [-0.1, -0.05) is 32.4 Å². The third kappa shape index (κ3) is 3.86. The van der Waals surface area contributed by atoms with Crippen molar-refractivity contribution >= 4 is 5.71 Å². The van der Waals surface area contributed by atoms with E-state index in [0.29, 0.717) is 12.0 Å². The number of nitrogens with zero attached hydrogens (tertiary/aromatic N) is 2. The maximum absolute atomic E-state index is 5.76. The van der Waals surface area contributed by atoms with Crippen molar-refractivity contribution in [3.63, 3.8) is 0 Å². The summed E-state index contributed by atoms with van der Waals surface area (Å²) in [5.74, 6) is 1.49. The van der Waals surface area contributed by atoms with Crippen LogP contribution in [0.1, 0.15) is 51.1 Å². The highest BCUT2D eigenvalue weighted by atomic mass is 16.5. The fraction of sp³-hybridized carbons (Fsp3) is 0.632. The lowest BCUT2D eigenvalue weighted by molar-refractivity contribution is 0.228. The molecule has 1 fully saturated rings. The minimum Gasteiger partial charge on any atom is -0.494 e. The quantitative estimate of drug-likeness (QED) is 0.781. The Bertz CT molecular complexity index is 526. The third-order valence-corrected chi connectivity index (χ3v) is 4.86. The zero-order chi connectivity index (χ0) is 16.1. The molecule has 1 N–H and O–H groups in total. The molecule has 4 nitrogen and oxygen atoms in total. The zero-order valence-corrected chi connectivity index (χ0v) is 14.4. The van der Waals surface area contributed by atoms with Gasteiger partial charge < -0.3 is 15.1 Å². The Hall–Kier alpha value is -1.55. The first-order valence-corrected chi connectivity index (χ1v) is 9.09. The van der Waals surface area contributed by atoms with Gasteiger partial charge in [0, 0.05) is 31.1 Å². The largest absolute Gasteiger partial charge is 0.494 e. The normalized spacial score (nSPS) is 24.0. The van der Waals surface area contributed by atoms with Gasteiger partial charge in [-0.3, -0.25) is 0 Å². The molecule has 0 saturated carbocycles. The summed E-state index contributed by atoms with van der Waals surface area (Å²) in [5.41, 5.74) is 6.04. The molecule has 2 heterocycles. The van der Waals surface area contributed by atoms with Crippen LogP contribution in [-0.2, 0) is 0 Å². The van der Waals surface area contributed by atoms with Crippen LogP contribution in [0, 0.1) is 5.92 Å². The van der Waals surface area contributed by atoms with Crippen LogP contribution in [0.5, 0.6) is 5.75 Å². The van der Waals surface area contributed by atoms with Gasteiger partial charge in [0.05, 0.1) is 12.6 Å². The highest BCUT2D eigenvalue weighted by Gasteiger charge is 2.36. The van der Waals surface area contributed by atoms with Gasteiger partial charge in [0.15, 0.2) is 0 Å². The molecule has 0 aliphatic carbocycles. The summed E-state index contributed by atoms with van der Waals surface area (Å²) in [7, 11) is 0. The van der Waals surface area contributed by atoms with E-state index >= 15 is 0 Å². The second-order valence-electron chi connectivity index (χ2n) is 6.64. The number of hydrogen-bond donors (Lipinski definition) is 1. The molecule has 0 bridgehead atoms. The molecular weight excluding hydrogens is 286 g/mol. The molecule has 4 heteroatoms. The second-order valence-corrected chi connectivity index (χ2v) is 6.64. The lowest BCUT2D eigenvalue weighted by Gasteiger charge is -2.33. The molecule has 2 atom stereocenters. The molecule has 2 aliphatic heterocycles. The van der Waals surface area contributed by atoms with Crippen molar-refractivity contribution in [3.05, 3.63) is 29.8 Å². The average molecular weight is 315 g/mol. The molecule has 1 aromatic carbocycles. The number of benzene rings is 1. The molecule has 126 valence electrons. The molecule has 2 aliphatic rings. The van der Waals surface area contributed by atoms with E-state index < -0.39 is 0 Å². The van der Waals surface area contributed by atoms with Crippen LogP contribution in [-0.4, -0.2) is 36.9 Å². The Morgan fingerprint density at radius 3 is 2.78 bits per heavy atom. The van der Waals surface area contributed by atoms with E-state index in [-0.39, 0.29) is 0 Å². The van der Waals surface area contributed by atoms with Crippen molar-refractivity contribution in [1.29, 1.82) is 0 Å². The Kier molecular flexibility index (Phi) is 5.55. The van der Waals surface area contributed by atoms with Gasteiger partial charge >= 0.3 is 0 Å². The lowest BCUT2D eigenvalue weighted by atomic mass is 9.86. The molecule has 0 aromatic heterocycles. The topological polar surface area (TPSA) is 36.9 Å². The van der Waals surface area contributed by atoms with Gasteiger partial charge in [-0.15, -0.1) is 0 Å². The van der Waals surface area contributed by atoms with Crippen molar-refractivity contribution in [3.8, 4) is 5.75 Å². The Morgan fingerprint density at radius 1 is 1.22 bits per heavy atom. The second kappa shape index (κ2) is 7.82. The summed E-state index contributed by atoms with van der Waals surface area (Å²) in [6, 6.07) is 8.88. The number of hydrazone groups is 1. The summed E-state index contributed by atoms with van der Waals surface area (Å²) >= 11 is 0. The Balaban J connectivity index is 1.62. The molecule has 23 heavy (non-hydrogen) atoms. The monoisotopic (exact) mass is 315 g/mol. The number of rotatable bonds is 7. The summed E-state index contributed by atoms with van der Waals surface area (Å²) in [6.07, 6.45) is 4.60. The first-order chi connectivity index (χ1) is 11.3. The van der Waals surface area contributed by atoms with E-state index in [1.54, 1.807) is 0 Å². The average Bonchev–Trinajstić information content (AvgIpc) is 2.99. The van der Waals surface area contributed by atoms with E-state index in [1.165, 1.54) is 30.7 Å². The third-order valence-electron chi connectivity index (χ3n) is 4.86. The molecule has 1 saturated heterocycles. The molecule has 0 amide bonds. The van der Waals surface area contributed by atoms with Gasteiger partial charge in [-0.2, -0.15) is 5.10 Å². The standard InChI is InChI=1S/C19H29N3O/c1-3-5-13-23-16-8-6-15(7-9-16)19-17-14-22(11-4-2)12-10-18(17)20-21-19/h6-9,17,19,21H,3-5,10-14H2,1-2H3. The smallest absolute Gasteiger partial charge is 0.119 e. The van der Waals surface area contributed by atoms with Gasteiger partial charge in [-0.05, 0) is 37.1 Å². The maximum atomic E-state index is 5.76. The SMILES string of the molecule is CCCCOc1ccc(C2NN=C3CCN(CCC)CC32)cc1. The van der Waals surface area contributed by atoms with Gasteiger partial charge in [0.1, 0.15) is 5.75 Å². The van der Waals surface area contributed by atoms with Gasteiger partial charge in [-0.25, -0.2) is 0 Å². The van der Waals surface area contributed by atoms with Crippen LogP contribution < -0.4 is 10.2 Å². The number of hydrogen-bond acceptors (Lipinski definition) is 4. The molecular formula is C19H29N3O.